The second kappa shape index (κ2) is 10.3. The normalized spacial score (nSPS) is 15.6. The number of amides is 1. The van der Waals surface area contributed by atoms with Crippen LogP contribution in [0.3, 0.4) is 0 Å². The fourth-order valence-corrected chi connectivity index (χ4v) is 4.72. The van der Waals surface area contributed by atoms with Crippen LogP contribution in [0.1, 0.15) is 12.5 Å². The minimum Gasteiger partial charge on any atom is -0.492 e. The maximum Gasteiger partial charge on any atom is 0.241 e. The van der Waals surface area contributed by atoms with Crippen LogP contribution in [-0.4, -0.2) is 58.2 Å². The van der Waals surface area contributed by atoms with Gasteiger partial charge < -0.3 is 14.4 Å². The van der Waals surface area contributed by atoms with Crippen LogP contribution in [0, 0.1) is 0 Å². The van der Waals surface area contributed by atoms with Gasteiger partial charge in [-0.3, -0.25) is 4.79 Å². The molecular formula is C21H25ClN2O5S. The van der Waals surface area contributed by atoms with Gasteiger partial charge in [-0.05, 0) is 37.1 Å². The molecule has 2 aromatic carbocycles. The highest BCUT2D eigenvalue weighted by atomic mass is 35.5. The van der Waals surface area contributed by atoms with Gasteiger partial charge in [0.05, 0.1) is 29.7 Å². The van der Waals surface area contributed by atoms with E-state index in [1.165, 1.54) is 18.2 Å². The van der Waals surface area contributed by atoms with Crippen molar-refractivity contribution in [1.82, 2.24) is 9.62 Å². The van der Waals surface area contributed by atoms with Crippen molar-refractivity contribution >= 4 is 27.5 Å². The maximum atomic E-state index is 13.1. The van der Waals surface area contributed by atoms with E-state index < -0.39 is 16.1 Å². The second-order valence-corrected chi connectivity index (χ2v) is 8.95. The Morgan fingerprint density at radius 1 is 1.20 bits per heavy atom. The van der Waals surface area contributed by atoms with Crippen LogP contribution >= 0.6 is 11.6 Å². The molecule has 1 aliphatic heterocycles. The van der Waals surface area contributed by atoms with E-state index >= 15 is 0 Å². The number of morpholine rings is 1. The van der Waals surface area contributed by atoms with E-state index in [2.05, 4.69) is 4.72 Å². The summed E-state index contributed by atoms with van der Waals surface area (Å²) in [5, 5.41) is 0.193. The first-order chi connectivity index (χ1) is 14.4. The number of carbonyl (C=O) groups is 1. The number of benzene rings is 2. The van der Waals surface area contributed by atoms with E-state index in [0.29, 0.717) is 38.7 Å². The van der Waals surface area contributed by atoms with Crippen molar-refractivity contribution < 1.29 is 22.7 Å². The van der Waals surface area contributed by atoms with Crippen LogP contribution in [0.25, 0.3) is 0 Å². The number of hydrogen-bond donors (Lipinski definition) is 1. The number of nitrogens with zero attached hydrogens (tertiary/aromatic N) is 1. The van der Waals surface area contributed by atoms with Gasteiger partial charge in [-0.2, -0.15) is 4.72 Å². The summed E-state index contributed by atoms with van der Waals surface area (Å²) in [4.78, 5) is 14.7. The van der Waals surface area contributed by atoms with Gasteiger partial charge in [0.1, 0.15) is 11.8 Å². The van der Waals surface area contributed by atoms with Crippen molar-refractivity contribution in [3.8, 4) is 5.75 Å². The molecule has 7 nitrogen and oxygen atoms in total. The molecular weight excluding hydrogens is 428 g/mol. The molecule has 0 spiro atoms. The van der Waals surface area contributed by atoms with E-state index in [0.717, 1.165) is 5.56 Å². The highest BCUT2D eigenvalue weighted by molar-refractivity contribution is 7.89. The lowest BCUT2D eigenvalue weighted by atomic mass is 10.1. The Kier molecular flexibility index (Phi) is 7.71. The average Bonchev–Trinajstić information content (AvgIpc) is 2.75. The van der Waals surface area contributed by atoms with Crippen molar-refractivity contribution in [2.24, 2.45) is 0 Å². The summed E-state index contributed by atoms with van der Waals surface area (Å²) in [6.07, 6.45) is 0.237. The molecule has 162 valence electrons. The van der Waals surface area contributed by atoms with Crippen molar-refractivity contribution in [3.63, 3.8) is 0 Å². The number of carbonyl (C=O) groups excluding carboxylic acids is 1. The SMILES string of the molecule is CCOc1ccc(S(=O)(=O)NC(Cc2ccccc2)C(=O)N2CCOCC2)cc1Cl. The molecule has 1 aliphatic rings. The maximum absolute atomic E-state index is 13.1. The lowest BCUT2D eigenvalue weighted by Crippen LogP contribution is -2.52. The Bertz CT molecular complexity index is 963. The van der Waals surface area contributed by atoms with Crippen LogP contribution in [0.5, 0.6) is 5.75 Å². The number of halogens is 1. The van der Waals surface area contributed by atoms with E-state index in [1.54, 1.807) is 4.90 Å². The zero-order valence-corrected chi connectivity index (χ0v) is 18.3. The van der Waals surface area contributed by atoms with Gasteiger partial charge in [0, 0.05) is 13.1 Å². The molecule has 0 bridgehead atoms. The quantitative estimate of drug-likeness (QED) is 0.665. The molecule has 0 aliphatic carbocycles. The molecule has 2 aromatic rings. The molecule has 1 atom stereocenters. The molecule has 1 amide bonds. The zero-order valence-electron chi connectivity index (χ0n) is 16.7. The Hall–Kier alpha value is -2.13. The predicted molar refractivity (Wildman–Crippen MR) is 114 cm³/mol. The molecule has 1 N–H and O–H groups in total. The fourth-order valence-electron chi connectivity index (χ4n) is 3.21. The number of sulfonamides is 1. The van der Waals surface area contributed by atoms with Gasteiger partial charge >= 0.3 is 0 Å². The van der Waals surface area contributed by atoms with E-state index in [9.17, 15) is 13.2 Å². The summed E-state index contributed by atoms with van der Waals surface area (Å²) < 4.78 is 39.3. The lowest BCUT2D eigenvalue weighted by Gasteiger charge is -2.30. The molecule has 1 fully saturated rings. The second-order valence-electron chi connectivity index (χ2n) is 6.83. The molecule has 1 unspecified atom stereocenters. The van der Waals surface area contributed by atoms with Gasteiger partial charge in [-0.1, -0.05) is 41.9 Å². The fraction of sp³-hybridized carbons (Fsp3) is 0.381. The first-order valence-electron chi connectivity index (χ1n) is 9.76. The van der Waals surface area contributed by atoms with E-state index in [4.69, 9.17) is 21.1 Å². The van der Waals surface area contributed by atoms with E-state index in [-0.39, 0.29) is 22.2 Å². The Balaban J connectivity index is 1.85. The van der Waals surface area contributed by atoms with Crippen LogP contribution < -0.4 is 9.46 Å². The average molecular weight is 453 g/mol. The van der Waals surface area contributed by atoms with Crippen LogP contribution in [0.4, 0.5) is 0 Å². The summed E-state index contributed by atoms with van der Waals surface area (Å²) in [6, 6.07) is 12.6. The molecule has 0 aromatic heterocycles. The lowest BCUT2D eigenvalue weighted by molar-refractivity contribution is -0.137. The molecule has 1 heterocycles. The number of rotatable bonds is 8. The van der Waals surface area contributed by atoms with Gasteiger partial charge in [0.2, 0.25) is 15.9 Å². The van der Waals surface area contributed by atoms with Gasteiger partial charge in [-0.25, -0.2) is 8.42 Å². The first kappa shape index (κ1) is 22.6. The highest BCUT2D eigenvalue weighted by Gasteiger charge is 2.30. The standard InChI is InChI=1S/C21H25ClN2O5S/c1-2-29-20-9-8-17(15-18(20)22)30(26,27)23-19(14-16-6-4-3-5-7-16)21(25)24-10-12-28-13-11-24/h3-9,15,19,23H,2,10-14H2,1H3. The largest absolute Gasteiger partial charge is 0.492 e. The molecule has 30 heavy (non-hydrogen) atoms. The van der Waals surface area contributed by atoms with Crippen molar-refractivity contribution in [2.75, 3.05) is 32.9 Å². The zero-order chi connectivity index (χ0) is 21.6. The third-order valence-electron chi connectivity index (χ3n) is 4.71. The smallest absolute Gasteiger partial charge is 0.241 e. The first-order valence-corrected chi connectivity index (χ1v) is 11.6. The topological polar surface area (TPSA) is 84.9 Å². The summed E-state index contributed by atoms with van der Waals surface area (Å²) in [7, 11) is -3.99. The summed E-state index contributed by atoms with van der Waals surface area (Å²) in [6.45, 7) is 3.96. The summed E-state index contributed by atoms with van der Waals surface area (Å²) >= 11 is 6.16. The minimum atomic E-state index is -3.99. The molecule has 9 heteroatoms. The van der Waals surface area contributed by atoms with Crippen molar-refractivity contribution in [2.45, 2.75) is 24.3 Å². The Labute approximate surface area is 182 Å². The molecule has 0 saturated carbocycles. The molecule has 0 radical (unpaired) electrons. The van der Waals surface area contributed by atoms with E-state index in [1.807, 2.05) is 37.3 Å². The number of ether oxygens (including phenoxy) is 2. The predicted octanol–water partition coefficient (Wildman–Crippen LogP) is 2.49. The van der Waals surface area contributed by atoms with Gasteiger partial charge in [0.15, 0.2) is 0 Å². The summed E-state index contributed by atoms with van der Waals surface area (Å²) in [5.74, 6) is 0.131. The van der Waals surface area contributed by atoms with Crippen LogP contribution in [0.2, 0.25) is 5.02 Å². The van der Waals surface area contributed by atoms with Crippen LogP contribution in [0.15, 0.2) is 53.4 Å². The summed E-state index contributed by atoms with van der Waals surface area (Å²) in [5.41, 5.74) is 0.858. The third kappa shape index (κ3) is 5.72. The monoisotopic (exact) mass is 452 g/mol. The number of hydrogen-bond acceptors (Lipinski definition) is 5. The van der Waals surface area contributed by atoms with Crippen molar-refractivity contribution in [3.05, 3.63) is 59.1 Å². The van der Waals surface area contributed by atoms with Crippen molar-refractivity contribution in [1.29, 1.82) is 0 Å². The highest BCUT2D eigenvalue weighted by Crippen LogP contribution is 2.27. The number of nitrogens with one attached hydrogen (secondary N) is 1. The Morgan fingerprint density at radius 3 is 2.53 bits per heavy atom. The minimum absolute atomic E-state index is 0.0243. The molecule has 1 saturated heterocycles. The third-order valence-corrected chi connectivity index (χ3v) is 6.48. The van der Waals surface area contributed by atoms with Gasteiger partial charge in [0.25, 0.3) is 0 Å². The van der Waals surface area contributed by atoms with Gasteiger partial charge in [-0.15, -0.1) is 0 Å². The van der Waals surface area contributed by atoms with Crippen LogP contribution in [-0.2, 0) is 26.0 Å². The molecule has 3 rings (SSSR count). The Morgan fingerprint density at radius 2 is 1.90 bits per heavy atom.